The van der Waals surface area contributed by atoms with Gasteiger partial charge < -0.3 is 14.2 Å². The second kappa shape index (κ2) is 7.31. The van der Waals surface area contributed by atoms with Gasteiger partial charge in [0.15, 0.2) is 0 Å². The summed E-state index contributed by atoms with van der Waals surface area (Å²) in [5.74, 6) is 0.0474. The fourth-order valence-corrected chi connectivity index (χ4v) is 2.82. The molecule has 134 valence electrons. The van der Waals surface area contributed by atoms with Crippen molar-refractivity contribution >= 4 is 23.1 Å². The zero-order chi connectivity index (χ0) is 18.7. The molecule has 0 unspecified atom stereocenters. The number of hydrogen-bond acceptors (Lipinski definition) is 5. The van der Waals surface area contributed by atoms with E-state index in [-0.39, 0.29) is 0 Å². The van der Waals surface area contributed by atoms with Crippen molar-refractivity contribution < 1.29 is 23.8 Å². The summed E-state index contributed by atoms with van der Waals surface area (Å²) < 4.78 is 15.9. The highest BCUT2D eigenvalue weighted by Gasteiger charge is 2.37. The van der Waals surface area contributed by atoms with Gasteiger partial charge in [0.1, 0.15) is 11.5 Å². The number of carbonyl (C=O) groups excluding carboxylic acids is 2. The average Bonchev–Trinajstić information content (AvgIpc) is 2.68. The van der Waals surface area contributed by atoms with Crippen molar-refractivity contribution in [2.24, 2.45) is 0 Å². The number of imide groups is 1. The summed E-state index contributed by atoms with van der Waals surface area (Å²) >= 11 is 0. The van der Waals surface area contributed by atoms with Crippen LogP contribution in [-0.4, -0.2) is 32.6 Å². The number of amides is 2. The number of ether oxygens (including phenoxy) is 3. The molecule has 2 amide bonds. The van der Waals surface area contributed by atoms with Crippen LogP contribution < -0.4 is 14.4 Å². The van der Waals surface area contributed by atoms with Crippen LogP contribution in [0.25, 0.3) is 5.57 Å². The van der Waals surface area contributed by atoms with Crippen molar-refractivity contribution in [3.8, 4) is 11.5 Å². The first-order valence-corrected chi connectivity index (χ1v) is 8.14. The average molecular weight is 353 g/mol. The molecule has 6 heteroatoms. The smallest absolute Gasteiger partial charge is 0.269 e. The maximum Gasteiger partial charge on any atom is 0.269 e. The standard InChI is InChI=1S/C20H19NO5/c1-4-26-12-16-14-10-9-13(24-2)11-15(14)19(22)21(20(16)23)17-7-5-6-8-18(17)25-3/h5-12H,4H2,1-3H3/b16-12-. The van der Waals surface area contributed by atoms with E-state index in [1.807, 2.05) is 6.92 Å². The third-order valence-corrected chi connectivity index (χ3v) is 4.08. The third kappa shape index (κ3) is 2.90. The van der Waals surface area contributed by atoms with Crippen molar-refractivity contribution in [1.82, 2.24) is 0 Å². The molecule has 0 saturated carbocycles. The Labute approximate surface area is 151 Å². The Morgan fingerprint density at radius 3 is 2.42 bits per heavy atom. The molecule has 2 aromatic carbocycles. The molecule has 6 nitrogen and oxygen atoms in total. The van der Waals surface area contributed by atoms with E-state index in [9.17, 15) is 9.59 Å². The molecule has 3 rings (SSSR count). The van der Waals surface area contributed by atoms with E-state index in [2.05, 4.69) is 0 Å². The topological polar surface area (TPSA) is 65.1 Å². The van der Waals surface area contributed by atoms with Gasteiger partial charge >= 0.3 is 0 Å². The summed E-state index contributed by atoms with van der Waals surface area (Å²) in [4.78, 5) is 27.3. The fourth-order valence-electron chi connectivity index (χ4n) is 2.82. The molecule has 0 N–H and O–H groups in total. The molecule has 1 aliphatic heterocycles. The Balaban J connectivity index is 2.21. The zero-order valence-electron chi connectivity index (χ0n) is 14.8. The van der Waals surface area contributed by atoms with Gasteiger partial charge in [0.25, 0.3) is 11.8 Å². The van der Waals surface area contributed by atoms with Gasteiger partial charge in [0.2, 0.25) is 0 Å². The summed E-state index contributed by atoms with van der Waals surface area (Å²) in [7, 11) is 3.01. The van der Waals surface area contributed by atoms with Gasteiger partial charge in [-0.15, -0.1) is 0 Å². The summed E-state index contributed by atoms with van der Waals surface area (Å²) in [6.45, 7) is 2.23. The molecule has 0 bridgehead atoms. The number of fused-ring (bicyclic) bond motifs is 1. The summed E-state index contributed by atoms with van der Waals surface area (Å²) in [6.07, 6.45) is 1.39. The third-order valence-electron chi connectivity index (χ3n) is 4.08. The van der Waals surface area contributed by atoms with Crippen molar-refractivity contribution in [3.63, 3.8) is 0 Å². The van der Waals surface area contributed by atoms with Crippen LogP contribution in [0.2, 0.25) is 0 Å². The van der Waals surface area contributed by atoms with Crippen LogP contribution >= 0.6 is 0 Å². The lowest BCUT2D eigenvalue weighted by Crippen LogP contribution is -2.42. The highest BCUT2D eigenvalue weighted by molar-refractivity contribution is 6.41. The highest BCUT2D eigenvalue weighted by Crippen LogP contribution is 2.37. The van der Waals surface area contributed by atoms with Gasteiger partial charge in [-0.3, -0.25) is 9.59 Å². The van der Waals surface area contributed by atoms with Crippen LogP contribution in [0.5, 0.6) is 11.5 Å². The number of hydrogen-bond donors (Lipinski definition) is 0. The lowest BCUT2D eigenvalue weighted by Gasteiger charge is -2.29. The second-order valence-electron chi connectivity index (χ2n) is 5.52. The molecule has 1 aliphatic rings. The predicted octanol–water partition coefficient (Wildman–Crippen LogP) is 3.27. The molecule has 0 fully saturated rings. The predicted molar refractivity (Wildman–Crippen MR) is 97.4 cm³/mol. The number of rotatable bonds is 5. The zero-order valence-corrected chi connectivity index (χ0v) is 14.8. The number of benzene rings is 2. The maximum absolute atomic E-state index is 13.1. The summed E-state index contributed by atoms with van der Waals surface area (Å²) in [6, 6.07) is 11.9. The number of nitrogens with zero attached hydrogens (tertiary/aromatic N) is 1. The van der Waals surface area contributed by atoms with Crippen molar-refractivity contribution in [3.05, 3.63) is 59.9 Å². The lowest BCUT2D eigenvalue weighted by atomic mass is 9.93. The number of carbonyl (C=O) groups is 2. The quantitative estimate of drug-likeness (QED) is 0.469. The summed E-state index contributed by atoms with van der Waals surface area (Å²) in [5.41, 5.74) is 1.55. The van der Waals surface area contributed by atoms with Crippen LogP contribution in [0, 0.1) is 0 Å². The second-order valence-corrected chi connectivity index (χ2v) is 5.52. The molecule has 2 aromatic rings. The Kier molecular flexibility index (Phi) is 4.93. The Bertz CT molecular complexity index is 888. The van der Waals surface area contributed by atoms with Crippen LogP contribution in [0.15, 0.2) is 48.7 Å². The van der Waals surface area contributed by atoms with Gasteiger partial charge in [-0.05, 0) is 37.3 Å². The van der Waals surface area contributed by atoms with E-state index in [0.717, 1.165) is 4.90 Å². The van der Waals surface area contributed by atoms with Crippen LogP contribution in [0.4, 0.5) is 5.69 Å². The van der Waals surface area contributed by atoms with Crippen molar-refractivity contribution in [2.75, 3.05) is 25.7 Å². The molecule has 0 saturated heterocycles. The minimum Gasteiger partial charge on any atom is -0.501 e. The van der Waals surface area contributed by atoms with Crippen molar-refractivity contribution in [1.29, 1.82) is 0 Å². The van der Waals surface area contributed by atoms with E-state index in [4.69, 9.17) is 14.2 Å². The minimum atomic E-state index is -0.467. The lowest BCUT2D eigenvalue weighted by molar-refractivity contribution is -0.113. The molecule has 0 aliphatic carbocycles. The normalized spacial score (nSPS) is 15.0. The summed E-state index contributed by atoms with van der Waals surface area (Å²) in [5, 5.41) is 0. The van der Waals surface area contributed by atoms with Gasteiger partial charge in [0, 0.05) is 5.56 Å². The first kappa shape index (κ1) is 17.5. The van der Waals surface area contributed by atoms with Crippen molar-refractivity contribution in [2.45, 2.75) is 6.92 Å². The highest BCUT2D eigenvalue weighted by atomic mass is 16.5. The number of para-hydroxylation sites is 2. The number of methoxy groups -OCH3 is 2. The molecule has 0 atom stereocenters. The Morgan fingerprint density at radius 1 is 0.962 bits per heavy atom. The van der Waals surface area contributed by atoms with Crippen LogP contribution in [0.3, 0.4) is 0 Å². The van der Waals surface area contributed by atoms with E-state index < -0.39 is 11.8 Å². The maximum atomic E-state index is 13.1. The fraction of sp³-hybridized carbons (Fsp3) is 0.200. The Morgan fingerprint density at radius 2 is 1.73 bits per heavy atom. The molecular formula is C20H19NO5. The van der Waals surface area contributed by atoms with Gasteiger partial charge in [0.05, 0.1) is 43.9 Å². The minimum absolute atomic E-state index is 0.301. The van der Waals surface area contributed by atoms with Gasteiger partial charge in [-0.25, -0.2) is 4.90 Å². The van der Waals surface area contributed by atoms with E-state index in [1.165, 1.54) is 20.5 Å². The van der Waals surface area contributed by atoms with Gasteiger partial charge in [-0.2, -0.15) is 0 Å². The van der Waals surface area contributed by atoms with Gasteiger partial charge in [-0.1, -0.05) is 12.1 Å². The molecule has 26 heavy (non-hydrogen) atoms. The Hall–Kier alpha value is -3.28. The van der Waals surface area contributed by atoms with Crippen LogP contribution in [0.1, 0.15) is 22.8 Å². The molecular weight excluding hydrogens is 334 g/mol. The first-order valence-electron chi connectivity index (χ1n) is 8.14. The van der Waals surface area contributed by atoms with E-state index in [1.54, 1.807) is 42.5 Å². The van der Waals surface area contributed by atoms with Crippen LogP contribution in [-0.2, 0) is 9.53 Å². The first-order chi connectivity index (χ1) is 12.6. The molecule has 0 spiro atoms. The number of anilines is 1. The molecule has 1 heterocycles. The molecule has 0 aromatic heterocycles. The van der Waals surface area contributed by atoms with E-state index >= 15 is 0 Å². The largest absolute Gasteiger partial charge is 0.501 e. The monoisotopic (exact) mass is 353 g/mol. The SMILES string of the molecule is CCO/C=C1\C(=O)N(c2ccccc2OC)C(=O)c2cc(OC)ccc21. The van der Waals surface area contributed by atoms with E-state index in [0.29, 0.717) is 40.5 Å². The molecule has 0 radical (unpaired) electrons.